The van der Waals surface area contributed by atoms with Crippen LogP contribution < -0.4 is 10.2 Å². The number of para-hydroxylation sites is 1. The first-order valence-corrected chi connectivity index (χ1v) is 7.59. The van der Waals surface area contributed by atoms with E-state index in [0.29, 0.717) is 12.2 Å². The molecule has 0 saturated carbocycles. The molecule has 118 valence electrons. The molecular weight excluding hydrogens is 292 g/mol. The minimum atomic E-state index is -0.384. The van der Waals surface area contributed by atoms with E-state index in [1.54, 1.807) is 17.9 Å². The second-order valence-corrected chi connectivity index (χ2v) is 5.19. The summed E-state index contributed by atoms with van der Waals surface area (Å²) in [7, 11) is 0. The topological polar surface area (TPSA) is 58.6 Å². The van der Waals surface area contributed by atoms with E-state index in [9.17, 15) is 9.59 Å². The third kappa shape index (κ3) is 2.96. The Balaban J connectivity index is 1.91. The van der Waals surface area contributed by atoms with Crippen molar-refractivity contribution in [3.63, 3.8) is 0 Å². The zero-order valence-corrected chi connectivity index (χ0v) is 12.9. The van der Waals surface area contributed by atoms with Crippen LogP contribution in [0, 0.1) is 0 Å². The summed E-state index contributed by atoms with van der Waals surface area (Å²) in [5.74, 6) is -0.412. The lowest BCUT2D eigenvalue weighted by Crippen LogP contribution is -2.39. The molecule has 2 aromatic carbocycles. The standard InChI is InChI=1S/C18H18N2O3/c1-2-23-16(21)12-19-17-14-10-6-7-11-15(14)18(22)20(17)13-8-4-3-5-9-13/h3-11,17,19H,2,12H2,1H3. The van der Waals surface area contributed by atoms with Crippen LogP contribution in [-0.4, -0.2) is 25.0 Å². The number of benzene rings is 2. The van der Waals surface area contributed by atoms with Gasteiger partial charge in [-0.2, -0.15) is 0 Å². The first-order chi connectivity index (χ1) is 11.2. The van der Waals surface area contributed by atoms with E-state index in [1.807, 2.05) is 48.5 Å². The first-order valence-electron chi connectivity index (χ1n) is 7.59. The summed E-state index contributed by atoms with van der Waals surface area (Å²) in [6, 6.07) is 16.9. The van der Waals surface area contributed by atoms with Crippen molar-refractivity contribution < 1.29 is 14.3 Å². The Hall–Kier alpha value is -2.66. The monoisotopic (exact) mass is 310 g/mol. The summed E-state index contributed by atoms with van der Waals surface area (Å²) in [6.45, 7) is 2.15. The van der Waals surface area contributed by atoms with Gasteiger partial charge in [-0.05, 0) is 25.1 Å². The van der Waals surface area contributed by atoms with Crippen LogP contribution in [0.1, 0.15) is 29.0 Å². The summed E-state index contributed by atoms with van der Waals surface area (Å²) >= 11 is 0. The van der Waals surface area contributed by atoms with Gasteiger partial charge in [0.05, 0.1) is 13.2 Å². The van der Waals surface area contributed by atoms with Crippen LogP contribution in [0.25, 0.3) is 0 Å². The number of rotatable bonds is 5. The number of esters is 1. The molecule has 3 rings (SSSR count). The SMILES string of the molecule is CCOC(=O)CNC1c2ccccc2C(=O)N1c1ccccc1. The molecule has 5 heteroatoms. The van der Waals surface area contributed by atoms with E-state index in [-0.39, 0.29) is 24.6 Å². The molecular formula is C18H18N2O3. The maximum atomic E-state index is 12.7. The largest absolute Gasteiger partial charge is 0.465 e. The Labute approximate surface area is 134 Å². The fourth-order valence-electron chi connectivity index (χ4n) is 2.76. The Morgan fingerprint density at radius 2 is 1.83 bits per heavy atom. The molecule has 0 radical (unpaired) electrons. The smallest absolute Gasteiger partial charge is 0.319 e. The number of carbonyl (C=O) groups excluding carboxylic acids is 2. The summed E-state index contributed by atoms with van der Waals surface area (Å²) < 4.78 is 4.95. The average Bonchev–Trinajstić information content (AvgIpc) is 2.87. The van der Waals surface area contributed by atoms with E-state index in [1.165, 1.54) is 0 Å². The zero-order valence-electron chi connectivity index (χ0n) is 12.9. The molecule has 0 bridgehead atoms. The van der Waals surface area contributed by atoms with Gasteiger partial charge >= 0.3 is 5.97 Å². The minimum absolute atomic E-state index is 0.0451. The van der Waals surface area contributed by atoms with Gasteiger partial charge in [-0.3, -0.25) is 19.8 Å². The fourth-order valence-corrected chi connectivity index (χ4v) is 2.76. The van der Waals surface area contributed by atoms with Gasteiger partial charge in [-0.1, -0.05) is 36.4 Å². The van der Waals surface area contributed by atoms with E-state index in [2.05, 4.69) is 5.32 Å². The Kier molecular flexibility index (Phi) is 4.39. The number of ether oxygens (including phenoxy) is 1. The maximum absolute atomic E-state index is 12.7. The van der Waals surface area contributed by atoms with E-state index in [0.717, 1.165) is 11.3 Å². The Morgan fingerprint density at radius 1 is 1.13 bits per heavy atom. The van der Waals surface area contributed by atoms with Gasteiger partial charge in [-0.25, -0.2) is 0 Å². The van der Waals surface area contributed by atoms with Crippen LogP contribution in [-0.2, 0) is 9.53 Å². The molecule has 1 aliphatic heterocycles. The number of nitrogens with one attached hydrogen (secondary N) is 1. The Bertz CT molecular complexity index is 715. The van der Waals surface area contributed by atoms with Crippen LogP contribution in [0.15, 0.2) is 54.6 Å². The van der Waals surface area contributed by atoms with E-state index in [4.69, 9.17) is 4.74 Å². The summed E-state index contributed by atoms with van der Waals surface area (Å²) in [4.78, 5) is 26.1. The average molecular weight is 310 g/mol. The number of fused-ring (bicyclic) bond motifs is 1. The molecule has 1 heterocycles. The Morgan fingerprint density at radius 3 is 2.57 bits per heavy atom. The van der Waals surface area contributed by atoms with Crippen molar-refractivity contribution in [1.82, 2.24) is 5.32 Å². The second kappa shape index (κ2) is 6.62. The molecule has 0 fully saturated rings. The van der Waals surface area contributed by atoms with Gasteiger partial charge in [0.15, 0.2) is 0 Å². The molecule has 1 N–H and O–H groups in total. The van der Waals surface area contributed by atoms with Crippen molar-refractivity contribution >= 4 is 17.6 Å². The van der Waals surface area contributed by atoms with Crippen LogP contribution in [0.4, 0.5) is 5.69 Å². The van der Waals surface area contributed by atoms with Crippen LogP contribution in [0.3, 0.4) is 0 Å². The molecule has 0 spiro atoms. The number of hydrogen-bond acceptors (Lipinski definition) is 4. The third-order valence-corrected chi connectivity index (χ3v) is 3.74. The highest BCUT2D eigenvalue weighted by molar-refractivity contribution is 6.11. The van der Waals surface area contributed by atoms with Crippen molar-refractivity contribution in [1.29, 1.82) is 0 Å². The molecule has 5 nitrogen and oxygen atoms in total. The van der Waals surface area contributed by atoms with Gasteiger partial charge in [0.1, 0.15) is 6.17 Å². The lowest BCUT2D eigenvalue weighted by atomic mass is 10.1. The lowest BCUT2D eigenvalue weighted by Gasteiger charge is -2.26. The quantitative estimate of drug-likeness (QED) is 0.862. The number of amides is 1. The van der Waals surface area contributed by atoms with Crippen molar-refractivity contribution in [2.45, 2.75) is 13.1 Å². The van der Waals surface area contributed by atoms with Crippen molar-refractivity contribution in [3.05, 3.63) is 65.7 Å². The van der Waals surface area contributed by atoms with Crippen molar-refractivity contribution in [3.8, 4) is 0 Å². The lowest BCUT2D eigenvalue weighted by molar-refractivity contribution is -0.142. The molecule has 1 atom stereocenters. The highest BCUT2D eigenvalue weighted by atomic mass is 16.5. The summed E-state index contributed by atoms with van der Waals surface area (Å²) in [5, 5.41) is 3.13. The van der Waals surface area contributed by atoms with Gasteiger partial charge in [0.2, 0.25) is 0 Å². The molecule has 1 unspecified atom stereocenters. The molecule has 2 aromatic rings. The van der Waals surface area contributed by atoms with Crippen LogP contribution in [0.2, 0.25) is 0 Å². The first kappa shape index (κ1) is 15.2. The summed E-state index contributed by atoms with van der Waals surface area (Å²) in [5.41, 5.74) is 2.30. The van der Waals surface area contributed by atoms with Gasteiger partial charge in [0, 0.05) is 16.8 Å². The second-order valence-electron chi connectivity index (χ2n) is 5.19. The molecule has 23 heavy (non-hydrogen) atoms. The van der Waals surface area contributed by atoms with E-state index < -0.39 is 0 Å². The normalized spacial score (nSPS) is 16.3. The number of carbonyl (C=O) groups is 2. The van der Waals surface area contributed by atoms with Crippen molar-refractivity contribution in [2.24, 2.45) is 0 Å². The maximum Gasteiger partial charge on any atom is 0.319 e. The number of anilines is 1. The predicted molar refractivity (Wildman–Crippen MR) is 87.1 cm³/mol. The predicted octanol–water partition coefficient (Wildman–Crippen LogP) is 2.50. The van der Waals surface area contributed by atoms with Crippen LogP contribution >= 0.6 is 0 Å². The molecule has 0 saturated heterocycles. The molecule has 0 aliphatic carbocycles. The molecule has 1 amide bonds. The highest BCUT2D eigenvalue weighted by Gasteiger charge is 2.37. The van der Waals surface area contributed by atoms with Gasteiger partial charge in [-0.15, -0.1) is 0 Å². The minimum Gasteiger partial charge on any atom is -0.465 e. The zero-order chi connectivity index (χ0) is 16.2. The molecule has 1 aliphatic rings. The van der Waals surface area contributed by atoms with Gasteiger partial charge < -0.3 is 4.74 Å². The number of hydrogen-bond donors (Lipinski definition) is 1. The van der Waals surface area contributed by atoms with Crippen molar-refractivity contribution in [2.75, 3.05) is 18.1 Å². The number of nitrogens with zero attached hydrogens (tertiary/aromatic N) is 1. The highest BCUT2D eigenvalue weighted by Crippen LogP contribution is 2.35. The van der Waals surface area contributed by atoms with Crippen LogP contribution in [0.5, 0.6) is 0 Å². The van der Waals surface area contributed by atoms with Gasteiger partial charge in [0.25, 0.3) is 5.91 Å². The van der Waals surface area contributed by atoms with E-state index >= 15 is 0 Å². The summed E-state index contributed by atoms with van der Waals surface area (Å²) in [6.07, 6.45) is -0.384. The third-order valence-electron chi connectivity index (χ3n) is 3.74. The fraction of sp³-hybridized carbons (Fsp3) is 0.222. The molecule has 0 aromatic heterocycles.